The average Bonchev–Trinajstić information content (AvgIpc) is 1.90. The predicted octanol–water partition coefficient (Wildman–Crippen LogP) is 3.15. The second-order valence-corrected chi connectivity index (χ2v) is 7.52. The molecule has 0 radical (unpaired) electrons. The molecule has 0 unspecified atom stereocenters. The molecular weight excluding hydrogens is 232 g/mol. The Bertz CT molecular complexity index is 117. The fourth-order valence-corrected chi connectivity index (χ4v) is 0.313. The minimum absolute atomic E-state index is 1.62. The van der Waals surface area contributed by atoms with Gasteiger partial charge in [0, 0.05) is 12.4 Å². The molecular formula is C5H5Cl3CrN. The zero-order valence-corrected chi connectivity index (χ0v) is 8.42. The summed E-state index contributed by atoms with van der Waals surface area (Å²) in [7, 11) is 14.8. The molecule has 0 N–H and O–H groups in total. The third-order valence-electron chi connectivity index (χ3n) is 0.566. The van der Waals surface area contributed by atoms with Crippen LogP contribution in [-0.2, 0) is 11.4 Å². The second-order valence-electron chi connectivity index (χ2n) is 1.20. The Hall–Kier alpha value is 0.552. The molecule has 5 heteroatoms. The van der Waals surface area contributed by atoms with Gasteiger partial charge in [0.15, 0.2) is 0 Å². The summed E-state index contributed by atoms with van der Waals surface area (Å²) in [6.45, 7) is 0. The van der Waals surface area contributed by atoms with Crippen LogP contribution < -0.4 is 0 Å². The minimum atomic E-state index is -1.62. The van der Waals surface area contributed by atoms with Crippen molar-refractivity contribution in [1.29, 1.82) is 0 Å². The Balaban J connectivity index is 0.000000180. The summed E-state index contributed by atoms with van der Waals surface area (Å²) in [5, 5.41) is 0. The molecule has 0 aliphatic rings. The van der Waals surface area contributed by atoms with Crippen molar-refractivity contribution in [1.82, 2.24) is 4.98 Å². The van der Waals surface area contributed by atoms with Crippen molar-refractivity contribution in [3.05, 3.63) is 30.6 Å². The molecule has 57 valence electrons. The molecule has 1 rings (SSSR count). The first-order valence-electron chi connectivity index (χ1n) is 2.31. The Morgan fingerprint density at radius 3 is 1.40 bits per heavy atom. The second kappa shape index (κ2) is 7.66. The first kappa shape index (κ1) is 10.6. The summed E-state index contributed by atoms with van der Waals surface area (Å²) in [6.07, 6.45) is 3.50. The molecule has 0 aliphatic carbocycles. The van der Waals surface area contributed by atoms with E-state index in [1.54, 1.807) is 12.4 Å². The number of pyridine rings is 1. The fraction of sp³-hybridized carbons (Fsp3) is 0. The van der Waals surface area contributed by atoms with E-state index in [0.29, 0.717) is 0 Å². The Labute approximate surface area is 76.9 Å². The molecule has 0 saturated heterocycles. The van der Waals surface area contributed by atoms with Crippen molar-refractivity contribution in [3.8, 4) is 0 Å². The van der Waals surface area contributed by atoms with Crippen LogP contribution in [0.15, 0.2) is 30.6 Å². The summed E-state index contributed by atoms with van der Waals surface area (Å²) in [4.78, 5) is 3.78. The molecule has 0 saturated carbocycles. The molecule has 1 nitrogen and oxygen atoms in total. The number of hydrogen-bond donors (Lipinski definition) is 0. The molecule has 10 heavy (non-hydrogen) atoms. The van der Waals surface area contributed by atoms with Gasteiger partial charge in [0.05, 0.1) is 0 Å². The first-order valence-corrected chi connectivity index (χ1v) is 7.58. The number of halogens is 3. The summed E-state index contributed by atoms with van der Waals surface area (Å²) >= 11 is -1.62. The van der Waals surface area contributed by atoms with Crippen LogP contribution in [0.3, 0.4) is 0 Å². The van der Waals surface area contributed by atoms with Crippen molar-refractivity contribution < 1.29 is 11.4 Å². The average molecular weight is 237 g/mol. The van der Waals surface area contributed by atoms with Crippen molar-refractivity contribution in [3.63, 3.8) is 0 Å². The number of aromatic nitrogens is 1. The van der Waals surface area contributed by atoms with Crippen molar-refractivity contribution in [2.45, 2.75) is 0 Å². The van der Waals surface area contributed by atoms with Crippen LogP contribution >= 0.6 is 30.1 Å². The van der Waals surface area contributed by atoms with Gasteiger partial charge in [-0.2, -0.15) is 0 Å². The van der Waals surface area contributed by atoms with E-state index in [4.69, 9.17) is 30.1 Å². The van der Waals surface area contributed by atoms with Gasteiger partial charge in [0.25, 0.3) is 0 Å². The molecule has 1 aromatic rings. The maximum Gasteiger partial charge on any atom is 0.0267 e. The van der Waals surface area contributed by atoms with E-state index in [1.807, 2.05) is 18.2 Å². The number of rotatable bonds is 0. The van der Waals surface area contributed by atoms with E-state index in [1.165, 1.54) is 0 Å². The summed E-state index contributed by atoms with van der Waals surface area (Å²) in [5.41, 5.74) is 0. The molecule has 0 atom stereocenters. The van der Waals surface area contributed by atoms with Crippen LogP contribution in [0.1, 0.15) is 0 Å². The van der Waals surface area contributed by atoms with Crippen molar-refractivity contribution >= 4 is 30.1 Å². The molecule has 0 amide bonds. The fourth-order valence-electron chi connectivity index (χ4n) is 0.313. The van der Waals surface area contributed by atoms with Crippen molar-refractivity contribution in [2.75, 3.05) is 0 Å². The smallest absolute Gasteiger partial charge is 0.0267 e. The quantitative estimate of drug-likeness (QED) is 0.675. The van der Waals surface area contributed by atoms with E-state index < -0.39 is 11.4 Å². The minimum Gasteiger partial charge on any atom is -0.265 e. The van der Waals surface area contributed by atoms with Crippen LogP contribution in [0.5, 0.6) is 0 Å². The predicted molar refractivity (Wildman–Crippen MR) is 41.8 cm³/mol. The third-order valence-corrected chi connectivity index (χ3v) is 0.566. The number of nitrogens with zero attached hydrogens (tertiary/aromatic N) is 1. The van der Waals surface area contributed by atoms with E-state index >= 15 is 0 Å². The Morgan fingerprint density at radius 1 is 0.900 bits per heavy atom. The molecule has 1 heterocycles. The molecule has 0 aromatic carbocycles. The SMILES string of the molecule is [Cl][Cr]([Cl])[Cl].c1ccncc1. The van der Waals surface area contributed by atoms with Crippen LogP contribution in [0.25, 0.3) is 0 Å². The van der Waals surface area contributed by atoms with E-state index in [2.05, 4.69) is 4.98 Å². The zero-order chi connectivity index (χ0) is 7.82. The van der Waals surface area contributed by atoms with E-state index in [-0.39, 0.29) is 0 Å². The molecule has 0 bridgehead atoms. The third kappa shape index (κ3) is 11.4. The van der Waals surface area contributed by atoms with Gasteiger partial charge in [-0.05, 0) is 12.1 Å². The van der Waals surface area contributed by atoms with Gasteiger partial charge in [0.1, 0.15) is 0 Å². The van der Waals surface area contributed by atoms with Gasteiger partial charge in [-0.25, -0.2) is 0 Å². The largest absolute Gasteiger partial charge is 0.265 e. The van der Waals surface area contributed by atoms with Crippen molar-refractivity contribution in [2.24, 2.45) is 0 Å². The van der Waals surface area contributed by atoms with Gasteiger partial charge >= 0.3 is 41.5 Å². The Kier molecular flexibility index (Phi) is 8.08. The maximum absolute atomic E-state index is 4.93. The molecule has 0 fully saturated rings. The van der Waals surface area contributed by atoms with E-state index in [0.717, 1.165) is 0 Å². The van der Waals surface area contributed by atoms with Gasteiger partial charge < -0.3 is 0 Å². The summed E-state index contributed by atoms with van der Waals surface area (Å²) in [5.74, 6) is 0. The van der Waals surface area contributed by atoms with Crippen LogP contribution in [0.4, 0.5) is 0 Å². The molecule has 0 aliphatic heterocycles. The van der Waals surface area contributed by atoms with E-state index in [9.17, 15) is 0 Å². The van der Waals surface area contributed by atoms with Crippen LogP contribution in [-0.4, -0.2) is 4.98 Å². The zero-order valence-electron chi connectivity index (χ0n) is 4.88. The normalized spacial score (nSPS) is 8.40. The maximum atomic E-state index is 4.93. The van der Waals surface area contributed by atoms with Gasteiger partial charge in [-0.1, -0.05) is 6.07 Å². The molecule has 0 spiro atoms. The topological polar surface area (TPSA) is 12.9 Å². The van der Waals surface area contributed by atoms with Gasteiger partial charge in [-0.15, -0.1) is 0 Å². The van der Waals surface area contributed by atoms with Gasteiger partial charge in [0.2, 0.25) is 0 Å². The number of hydrogen-bond acceptors (Lipinski definition) is 1. The van der Waals surface area contributed by atoms with Crippen LogP contribution in [0, 0.1) is 0 Å². The monoisotopic (exact) mass is 236 g/mol. The first-order chi connectivity index (χ1) is 4.73. The Morgan fingerprint density at radius 2 is 1.30 bits per heavy atom. The summed E-state index contributed by atoms with van der Waals surface area (Å²) < 4.78 is 0. The molecule has 1 aromatic heterocycles. The van der Waals surface area contributed by atoms with Crippen LogP contribution in [0.2, 0.25) is 0 Å². The van der Waals surface area contributed by atoms with Gasteiger partial charge in [-0.3, -0.25) is 4.98 Å². The standard InChI is InChI=1S/C5H5N.3ClH.Cr/c1-2-4-6-5-3-1;;;;/h1-5H;3*1H;/q;;;;+3/p-3. The summed E-state index contributed by atoms with van der Waals surface area (Å²) in [6, 6.07) is 5.72.